The predicted octanol–water partition coefficient (Wildman–Crippen LogP) is 3.09. The van der Waals surface area contributed by atoms with E-state index in [2.05, 4.69) is 15.1 Å². The van der Waals surface area contributed by atoms with Gasteiger partial charge in [0.2, 0.25) is 15.9 Å². The number of sulfonamides is 1. The molecule has 0 bridgehead atoms. The number of amides is 1. The highest BCUT2D eigenvalue weighted by Crippen LogP contribution is 2.18. The van der Waals surface area contributed by atoms with Gasteiger partial charge in [0.15, 0.2) is 0 Å². The molecule has 0 saturated heterocycles. The molecular weight excluding hydrogens is 412 g/mol. The molecule has 1 amide bonds. The Morgan fingerprint density at radius 3 is 2.42 bits per heavy atom. The van der Waals surface area contributed by atoms with Crippen LogP contribution in [-0.4, -0.2) is 30.7 Å². The van der Waals surface area contributed by atoms with Crippen LogP contribution in [0, 0.1) is 27.7 Å². The van der Waals surface area contributed by atoms with Gasteiger partial charge in [0.1, 0.15) is 0 Å². The first-order valence-electron chi connectivity index (χ1n) is 10.1. The zero-order valence-corrected chi connectivity index (χ0v) is 19.1. The summed E-state index contributed by atoms with van der Waals surface area (Å²) in [6.07, 6.45) is 0.0507. The first-order valence-corrected chi connectivity index (χ1v) is 11.6. The molecule has 0 radical (unpaired) electrons. The zero-order chi connectivity index (χ0) is 22.6. The van der Waals surface area contributed by atoms with E-state index in [0.29, 0.717) is 12.1 Å². The Labute approximate surface area is 183 Å². The molecule has 0 aliphatic carbocycles. The zero-order valence-electron chi connectivity index (χ0n) is 18.3. The second-order valence-electron chi connectivity index (χ2n) is 7.59. The fourth-order valence-electron chi connectivity index (χ4n) is 3.50. The van der Waals surface area contributed by atoms with Gasteiger partial charge in [-0.25, -0.2) is 17.8 Å². The minimum Gasteiger partial charge on any atom is -0.352 e. The van der Waals surface area contributed by atoms with E-state index >= 15 is 0 Å². The molecule has 2 aromatic carbocycles. The molecule has 3 rings (SSSR count). The summed E-state index contributed by atoms with van der Waals surface area (Å²) in [4.78, 5) is 12.5. The summed E-state index contributed by atoms with van der Waals surface area (Å²) < 4.78 is 29.4. The number of benzene rings is 2. The highest BCUT2D eigenvalue weighted by atomic mass is 32.2. The van der Waals surface area contributed by atoms with Crippen molar-refractivity contribution in [2.45, 2.75) is 45.6 Å². The number of para-hydroxylation sites is 1. The van der Waals surface area contributed by atoms with Gasteiger partial charge < -0.3 is 5.32 Å². The molecule has 2 N–H and O–H groups in total. The van der Waals surface area contributed by atoms with Gasteiger partial charge in [-0.15, -0.1) is 0 Å². The van der Waals surface area contributed by atoms with Crippen LogP contribution in [0.25, 0.3) is 5.69 Å². The van der Waals surface area contributed by atoms with Crippen LogP contribution in [0.3, 0.4) is 0 Å². The van der Waals surface area contributed by atoms with Crippen molar-refractivity contribution in [3.05, 3.63) is 76.6 Å². The van der Waals surface area contributed by atoms with Crippen LogP contribution in [0.2, 0.25) is 0 Å². The number of carbonyl (C=O) groups is 1. The molecule has 164 valence electrons. The lowest BCUT2D eigenvalue weighted by molar-refractivity contribution is -0.121. The minimum atomic E-state index is -3.65. The largest absolute Gasteiger partial charge is 0.352 e. The van der Waals surface area contributed by atoms with Crippen LogP contribution in [-0.2, 0) is 21.4 Å². The number of nitrogens with one attached hydrogen (secondary N) is 2. The topological polar surface area (TPSA) is 93.1 Å². The summed E-state index contributed by atoms with van der Waals surface area (Å²) in [5, 5.41) is 7.44. The van der Waals surface area contributed by atoms with Gasteiger partial charge in [-0.3, -0.25) is 4.79 Å². The summed E-state index contributed by atoms with van der Waals surface area (Å²) in [6.45, 7) is 7.91. The SMILES string of the molecule is Cc1ccc(S(=O)(=O)NCCC(=O)NCc2c(C)nn(-c3ccccc3)c2C)c(C)c1. The first-order chi connectivity index (χ1) is 14.7. The predicted molar refractivity (Wildman–Crippen MR) is 121 cm³/mol. The highest BCUT2D eigenvalue weighted by molar-refractivity contribution is 7.89. The smallest absolute Gasteiger partial charge is 0.240 e. The molecule has 0 spiro atoms. The van der Waals surface area contributed by atoms with Crippen LogP contribution in [0.15, 0.2) is 53.4 Å². The lowest BCUT2D eigenvalue weighted by atomic mass is 10.2. The Hall–Kier alpha value is -2.97. The average molecular weight is 441 g/mol. The van der Waals surface area contributed by atoms with Gasteiger partial charge in [-0.05, 0) is 51.5 Å². The fourth-order valence-corrected chi connectivity index (χ4v) is 4.76. The van der Waals surface area contributed by atoms with E-state index in [1.807, 2.05) is 61.9 Å². The Morgan fingerprint density at radius 1 is 1.03 bits per heavy atom. The number of nitrogens with zero attached hydrogens (tertiary/aromatic N) is 2. The molecule has 1 heterocycles. The van der Waals surface area contributed by atoms with Crippen molar-refractivity contribution in [1.82, 2.24) is 19.8 Å². The van der Waals surface area contributed by atoms with Gasteiger partial charge in [0.05, 0.1) is 16.3 Å². The standard InChI is InChI=1S/C23H28N4O3S/c1-16-10-11-22(17(2)14-16)31(29,30)25-13-12-23(28)24-15-21-18(3)26-27(19(21)4)20-8-6-5-7-9-20/h5-11,14,25H,12-13,15H2,1-4H3,(H,24,28). The van der Waals surface area contributed by atoms with E-state index in [9.17, 15) is 13.2 Å². The van der Waals surface area contributed by atoms with E-state index in [1.165, 1.54) is 0 Å². The number of aryl methyl sites for hydroxylation is 3. The molecule has 31 heavy (non-hydrogen) atoms. The molecule has 0 aliphatic rings. The third-order valence-corrected chi connectivity index (χ3v) is 6.79. The van der Waals surface area contributed by atoms with Gasteiger partial charge in [-0.1, -0.05) is 35.9 Å². The maximum atomic E-state index is 12.5. The lowest BCUT2D eigenvalue weighted by Crippen LogP contribution is -2.31. The first kappa shape index (κ1) is 22.7. The monoisotopic (exact) mass is 440 g/mol. The molecule has 8 heteroatoms. The Kier molecular flexibility index (Phi) is 6.92. The minimum absolute atomic E-state index is 0.0305. The van der Waals surface area contributed by atoms with Crippen LogP contribution in [0.5, 0.6) is 0 Å². The maximum absolute atomic E-state index is 12.5. The van der Waals surface area contributed by atoms with E-state index in [4.69, 9.17) is 0 Å². The highest BCUT2D eigenvalue weighted by Gasteiger charge is 2.17. The summed E-state index contributed by atoms with van der Waals surface area (Å²) in [5.74, 6) is -0.227. The van der Waals surface area contributed by atoms with Crippen molar-refractivity contribution < 1.29 is 13.2 Å². The second kappa shape index (κ2) is 9.45. The van der Waals surface area contributed by atoms with Crippen molar-refractivity contribution >= 4 is 15.9 Å². The summed E-state index contributed by atoms with van der Waals surface area (Å²) >= 11 is 0. The van der Waals surface area contributed by atoms with Crippen LogP contribution in [0.4, 0.5) is 0 Å². The molecular formula is C23H28N4O3S. The Balaban J connectivity index is 1.56. The number of rotatable bonds is 8. The van der Waals surface area contributed by atoms with Crippen LogP contribution >= 0.6 is 0 Å². The normalized spacial score (nSPS) is 11.5. The van der Waals surface area contributed by atoms with Crippen molar-refractivity contribution in [3.8, 4) is 5.69 Å². The van der Waals surface area contributed by atoms with Crippen molar-refractivity contribution in [1.29, 1.82) is 0 Å². The fraction of sp³-hybridized carbons (Fsp3) is 0.304. The Bertz CT molecular complexity index is 1190. The quantitative estimate of drug-likeness (QED) is 0.563. The molecule has 0 saturated carbocycles. The molecule has 0 unspecified atom stereocenters. The maximum Gasteiger partial charge on any atom is 0.240 e. The van der Waals surface area contributed by atoms with Gasteiger partial charge in [0.25, 0.3) is 0 Å². The summed E-state index contributed by atoms with van der Waals surface area (Å²) in [5.41, 5.74) is 5.39. The number of hydrogen-bond donors (Lipinski definition) is 2. The third kappa shape index (κ3) is 5.39. The van der Waals surface area contributed by atoms with Crippen molar-refractivity contribution in [3.63, 3.8) is 0 Å². The molecule has 0 atom stereocenters. The third-order valence-electron chi connectivity index (χ3n) is 5.17. The summed E-state index contributed by atoms with van der Waals surface area (Å²) in [7, 11) is -3.65. The number of carbonyl (C=O) groups excluding carboxylic acids is 1. The van der Waals surface area contributed by atoms with Gasteiger partial charge in [-0.2, -0.15) is 5.10 Å². The molecule has 0 aliphatic heterocycles. The van der Waals surface area contributed by atoms with Crippen molar-refractivity contribution in [2.75, 3.05) is 6.54 Å². The van der Waals surface area contributed by atoms with E-state index < -0.39 is 10.0 Å². The molecule has 3 aromatic rings. The molecule has 1 aromatic heterocycles. The van der Waals surface area contributed by atoms with E-state index in [1.54, 1.807) is 19.1 Å². The van der Waals surface area contributed by atoms with Crippen LogP contribution < -0.4 is 10.0 Å². The second-order valence-corrected chi connectivity index (χ2v) is 9.33. The average Bonchev–Trinajstić information content (AvgIpc) is 3.00. The summed E-state index contributed by atoms with van der Waals surface area (Å²) in [6, 6.07) is 15.0. The molecule has 7 nitrogen and oxygen atoms in total. The lowest BCUT2D eigenvalue weighted by Gasteiger charge is -2.10. The van der Waals surface area contributed by atoms with Crippen molar-refractivity contribution in [2.24, 2.45) is 0 Å². The number of hydrogen-bond acceptors (Lipinski definition) is 4. The van der Waals surface area contributed by atoms with Gasteiger partial charge in [0, 0.05) is 30.8 Å². The van der Waals surface area contributed by atoms with E-state index in [-0.39, 0.29) is 23.8 Å². The molecule has 0 fully saturated rings. The number of aromatic nitrogens is 2. The van der Waals surface area contributed by atoms with E-state index in [0.717, 1.165) is 28.2 Å². The van der Waals surface area contributed by atoms with Crippen LogP contribution in [0.1, 0.15) is 34.5 Å². The Morgan fingerprint density at radius 2 is 1.74 bits per heavy atom. The van der Waals surface area contributed by atoms with Gasteiger partial charge >= 0.3 is 0 Å².